The second-order valence-corrected chi connectivity index (χ2v) is 4.26. The molecule has 1 aliphatic rings. The number of benzene rings is 1. The Morgan fingerprint density at radius 1 is 1.11 bits per heavy atom. The summed E-state index contributed by atoms with van der Waals surface area (Å²) in [5.74, 6) is 7.17. The van der Waals surface area contributed by atoms with Crippen molar-refractivity contribution in [1.29, 1.82) is 0 Å². The van der Waals surface area contributed by atoms with Crippen LogP contribution in [0.1, 0.15) is 17.3 Å². The van der Waals surface area contributed by atoms with Gasteiger partial charge in [-0.05, 0) is 29.8 Å². The van der Waals surface area contributed by atoms with Gasteiger partial charge in [0.15, 0.2) is 11.5 Å². The molecule has 5 heteroatoms. The van der Waals surface area contributed by atoms with Crippen molar-refractivity contribution >= 4 is 0 Å². The number of hydrogen-bond donors (Lipinski definition) is 2. The number of fused-ring (bicyclic) bond motifs is 1. The zero-order chi connectivity index (χ0) is 13.1. The molecule has 0 saturated heterocycles. The third kappa shape index (κ3) is 2.38. The topological polar surface area (TPSA) is 69.4 Å². The van der Waals surface area contributed by atoms with Crippen LogP contribution in [-0.2, 0) is 0 Å². The number of hydrogen-bond acceptors (Lipinski definition) is 5. The Morgan fingerprint density at radius 2 is 1.95 bits per heavy atom. The van der Waals surface area contributed by atoms with Crippen LogP contribution in [0.2, 0.25) is 0 Å². The number of nitrogens with one attached hydrogen (secondary N) is 1. The molecule has 0 spiro atoms. The number of aromatic nitrogens is 1. The fourth-order valence-electron chi connectivity index (χ4n) is 2.14. The van der Waals surface area contributed by atoms with E-state index < -0.39 is 0 Å². The van der Waals surface area contributed by atoms with Gasteiger partial charge in [-0.25, -0.2) is 5.43 Å². The van der Waals surface area contributed by atoms with Gasteiger partial charge in [-0.15, -0.1) is 0 Å². The van der Waals surface area contributed by atoms with Crippen LogP contribution in [0.5, 0.6) is 11.5 Å². The van der Waals surface area contributed by atoms with Crippen LogP contribution in [0.15, 0.2) is 42.6 Å². The number of nitrogens with two attached hydrogens (primary N) is 1. The molecule has 3 rings (SSSR count). The summed E-state index contributed by atoms with van der Waals surface area (Å²) in [5, 5.41) is 0. The highest BCUT2D eigenvalue weighted by Crippen LogP contribution is 2.33. The number of pyridine rings is 1. The Labute approximate surface area is 111 Å². The highest BCUT2D eigenvalue weighted by molar-refractivity contribution is 5.46. The highest BCUT2D eigenvalue weighted by Gasteiger charge is 2.18. The molecule has 1 atom stereocenters. The second-order valence-electron chi connectivity index (χ2n) is 4.26. The lowest BCUT2D eigenvalue weighted by atomic mass is 10.0. The van der Waals surface area contributed by atoms with Gasteiger partial charge in [0.1, 0.15) is 13.2 Å². The molecule has 1 aliphatic heterocycles. The third-order valence-electron chi connectivity index (χ3n) is 3.05. The molecule has 3 N–H and O–H groups in total. The van der Waals surface area contributed by atoms with Gasteiger partial charge in [-0.1, -0.05) is 12.1 Å². The van der Waals surface area contributed by atoms with Crippen molar-refractivity contribution in [3.63, 3.8) is 0 Å². The van der Waals surface area contributed by atoms with Crippen LogP contribution >= 0.6 is 0 Å². The smallest absolute Gasteiger partial charge is 0.161 e. The van der Waals surface area contributed by atoms with Crippen LogP contribution in [-0.4, -0.2) is 18.2 Å². The average molecular weight is 257 g/mol. The maximum absolute atomic E-state index is 5.65. The molecule has 5 nitrogen and oxygen atoms in total. The largest absolute Gasteiger partial charge is 0.486 e. The Bertz CT molecular complexity index is 560. The first-order valence-corrected chi connectivity index (χ1v) is 6.15. The van der Waals surface area contributed by atoms with Crippen molar-refractivity contribution in [3.8, 4) is 11.5 Å². The zero-order valence-corrected chi connectivity index (χ0v) is 10.4. The Hall–Kier alpha value is -2.11. The minimum atomic E-state index is -0.169. The maximum atomic E-state index is 5.65. The first-order valence-electron chi connectivity index (χ1n) is 6.15. The van der Waals surface area contributed by atoms with E-state index >= 15 is 0 Å². The summed E-state index contributed by atoms with van der Waals surface area (Å²) < 4.78 is 11.1. The number of hydrazine groups is 1. The van der Waals surface area contributed by atoms with Crippen LogP contribution in [0.3, 0.4) is 0 Å². The van der Waals surface area contributed by atoms with E-state index in [1.165, 1.54) is 0 Å². The van der Waals surface area contributed by atoms with Crippen LogP contribution < -0.4 is 20.7 Å². The van der Waals surface area contributed by atoms with Crippen molar-refractivity contribution in [2.45, 2.75) is 6.04 Å². The van der Waals surface area contributed by atoms with Gasteiger partial charge < -0.3 is 9.47 Å². The van der Waals surface area contributed by atoms with Gasteiger partial charge in [0.2, 0.25) is 0 Å². The van der Waals surface area contributed by atoms with E-state index in [0.717, 1.165) is 22.8 Å². The van der Waals surface area contributed by atoms with Crippen molar-refractivity contribution in [2.75, 3.05) is 13.2 Å². The monoisotopic (exact) mass is 257 g/mol. The summed E-state index contributed by atoms with van der Waals surface area (Å²) in [6.45, 7) is 1.16. The van der Waals surface area contributed by atoms with Crippen molar-refractivity contribution in [2.24, 2.45) is 5.84 Å². The van der Waals surface area contributed by atoms with E-state index in [2.05, 4.69) is 10.4 Å². The summed E-state index contributed by atoms with van der Waals surface area (Å²) >= 11 is 0. The van der Waals surface area contributed by atoms with E-state index in [4.69, 9.17) is 15.3 Å². The molecule has 0 aliphatic carbocycles. The SMILES string of the molecule is NNC(c1ccc2c(c1)OCCO2)c1ccccn1. The minimum Gasteiger partial charge on any atom is -0.486 e. The van der Waals surface area contributed by atoms with Crippen LogP contribution in [0.25, 0.3) is 0 Å². The van der Waals surface area contributed by atoms with E-state index in [9.17, 15) is 0 Å². The van der Waals surface area contributed by atoms with E-state index in [1.807, 2.05) is 36.4 Å². The lowest BCUT2D eigenvalue weighted by Crippen LogP contribution is -2.29. The summed E-state index contributed by atoms with van der Waals surface area (Å²) in [4.78, 5) is 4.32. The lowest BCUT2D eigenvalue weighted by Gasteiger charge is -2.21. The molecule has 0 amide bonds. The summed E-state index contributed by atoms with van der Waals surface area (Å²) in [6.07, 6.45) is 1.75. The first-order chi connectivity index (χ1) is 9.38. The predicted molar refractivity (Wildman–Crippen MR) is 70.8 cm³/mol. The van der Waals surface area contributed by atoms with E-state index in [0.29, 0.717) is 13.2 Å². The van der Waals surface area contributed by atoms with Crippen molar-refractivity contribution in [1.82, 2.24) is 10.4 Å². The summed E-state index contributed by atoms with van der Waals surface area (Å²) in [6, 6.07) is 11.4. The predicted octanol–water partition coefficient (Wildman–Crippen LogP) is 1.41. The molecule has 2 heterocycles. The molecule has 2 aromatic rings. The highest BCUT2D eigenvalue weighted by atomic mass is 16.6. The Morgan fingerprint density at radius 3 is 2.68 bits per heavy atom. The Balaban J connectivity index is 1.96. The lowest BCUT2D eigenvalue weighted by molar-refractivity contribution is 0.171. The van der Waals surface area contributed by atoms with E-state index in [-0.39, 0.29) is 6.04 Å². The maximum Gasteiger partial charge on any atom is 0.161 e. The first kappa shape index (κ1) is 12.0. The molecule has 0 fully saturated rings. The summed E-state index contributed by atoms with van der Waals surface area (Å²) in [5.41, 5.74) is 4.64. The quantitative estimate of drug-likeness (QED) is 0.642. The fourth-order valence-corrected chi connectivity index (χ4v) is 2.14. The van der Waals surface area contributed by atoms with Crippen LogP contribution in [0.4, 0.5) is 0 Å². The second kappa shape index (κ2) is 5.26. The van der Waals surface area contributed by atoms with E-state index in [1.54, 1.807) is 6.20 Å². The Kier molecular flexibility index (Phi) is 3.31. The molecular weight excluding hydrogens is 242 g/mol. The minimum absolute atomic E-state index is 0.169. The van der Waals surface area contributed by atoms with Crippen LogP contribution in [0, 0.1) is 0 Å². The fraction of sp³-hybridized carbons (Fsp3) is 0.214. The normalized spacial score (nSPS) is 15.0. The molecule has 0 radical (unpaired) electrons. The summed E-state index contributed by atoms with van der Waals surface area (Å²) in [7, 11) is 0. The van der Waals surface area contributed by atoms with Crippen molar-refractivity contribution in [3.05, 3.63) is 53.9 Å². The van der Waals surface area contributed by atoms with Gasteiger partial charge in [-0.2, -0.15) is 0 Å². The van der Waals surface area contributed by atoms with Gasteiger partial charge in [0, 0.05) is 6.20 Å². The van der Waals surface area contributed by atoms with Gasteiger partial charge >= 0.3 is 0 Å². The molecule has 1 unspecified atom stereocenters. The van der Waals surface area contributed by atoms with Gasteiger partial charge in [0.25, 0.3) is 0 Å². The molecular formula is C14H15N3O2. The third-order valence-corrected chi connectivity index (χ3v) is 3.05. The number of ether oxygens (including phenoxy) is 2. The average Bonchev–Trinajstić information content (AvgIpc) is 2.49. The zero-order valence-electron chi connectivity index (χ0n) is 10.4. The molecule has 0 bridgehead atoms. The van der Waals surface area contributed by atoms with Crippen molar-refractivity contribution < 1.29 is 9.47 Å². The number of nitrogens with zero attached hydrogens (tertiary/aromatic N) is 1. The standard InChI is InChI=1S/C14H15N3O2/c15-17-14(11-3-1-2-6-16-11)10-4-5-12-13(9-10)19-8-7-18-12/h1-6,9,14,17H,7-8,15H2. The molecule has 1 aromatic carbocycles. The number of rotatable bonds is 3. The molecule has 0 saturated carbocycles. The molecule has 19 heavy (non-hydrogen) atoms. The van der Waals surface area contributed by atoms with Gasteiger partial charge in [-0.3, -0.25) is 10.8 Å². The van der Waals surface area contributed by atoms with Gasteiger partial charge in [0.05, 0.1) is 11.7 Å². The molecule has 98 valence electrons. The molecule has 1 aromatic heterocycles.